The van der Waals surface area contributed by atoms with Crippen LogP contribution in [0.25, 0.3) is 0 Å². The van der Waals surface area contributed by atoms with Gasteiger partial charge in [-0.05, 0) is 20.3 Å². The van der Waals surface area contributed by atoms with Crippen LogP contribution in [0, 0.1) is 5.92 Å². The molecule has 2 aliphatic heterocycles. The summed E-state index contributed by atoms with van der Waals surface area (Å²) in [6.07, 6.45) is 0.682. The van der Waals surface area contributed by atoms with Crippen molar-refractivity contribution in [2.24, 2.45) is 5.92 Å². The topological polar surface area (TPSA) is 83.6 Å². The van der Waals surface area contributed by atoms with Crippen LogP contribution < -0.4 is 5.32 Å². The number of nitrogens with one attached hydrogen (secondary N) is 1. The molecule has 19 heavy (non-hydrogen) atoms. The van der Waals surface area contributed by atoms with Gasteiger partial charge in [-0.1, -0.05) is 0 Å². The first-order valence-corrected chi connectivity index (χ1v) is 8.41. The van der Waals surface area contributed by atoms with E-state index < -0.39 is 9.84 Å². The minimum atomic E-state index is -3.01. The molecular weight excluding hydrogens is 268 g/mol. The lowest BCUT2D eigenvalue weighted by atomic mass is 10.1. The Morgan fingerprint density at radius 2 is 2.11 bits per heavy atom. The second kappa shape index (κ2) is 5.11. The van der Waals surface area contributed by atoms with Crippen LogP contribution in [0.3, 0.4) is 0 Å². The Bertz CT molecular complexity index is 486. The third-order valence-corrected chi connectivity index (χ3v) is 5.36. The predicted octanol–water partition coefficient (Wildman–Crippen LogP) is -0.453. The summed E-state index contributed by atoms with van der Waals surface area (Å²) in [5.41, 5.74) is 0. The summed E-state index contributed by atoms with van der Waals surface area (Å²) in [5.74, 6) is -0.391. The average molecular weight is 288 g/mol. The van der Waals surface area contributed by atoms with Crippen molar-refractivity contribution in [3.05, 3.63) is 0 Å². The molecule has 0 aliphatic carbocycles. The molecule has 0 aromatic carbocycles. The van der Waals surface area contributed by atoms with E-state index in [1.165, 1.54) is 0 Å². The fourth-order valence-corrected chi connectivity index (χ4v) is 4.41. The SMILES string of the molecule is CC(C)NC(=O)C1CC(=O)N(C2CCS(=O)(=O)C2)C1. The van der Waals surface area contributed by atoms with Crippen LogP contribution in [0.4, 0.5) is 0 Å². The van der Waals surface area contributed by atoms with Crippen LogP contribution in [0.2, 0.25) is 0 Å². The summed E-state index contributed by atoms with van der Waals surface area (Å²) in [7, 11) is -3.01. The predicted molar refractivity (Wildman–Crippen MR) is 70.2 cm³/mol. The fourth-order valence-electron chi connectivity index (χ4n) is 2.68. The smallest absolute Gasteiger partial charge is 0.225 e. The maximum atomic E-state index is 11.9. The molecule has 2 unspecified atom stereocenters. The van der Waals surface area contributed by atoms with Crippen molar-refractivity contribution < 1.29 is 18.0 Å². The van der Waals surface area contributed by atoms with Crippen LogP contribution in [0.5, 0.6) is 0 Å². The first kappa shape index (κ1) is 14.3. The minimum absolute atomic E-state index is 0.0389. The lowest BCUT2D eigenvalue weighted by Crippen LogP contribution is -2.40. The summed E-state index contributed by atoms with van der Waals surface area (Å²) in [6, 6.07) is -0.196. The summed E-state index contributed by atoms with van der Waals surface area (Å²) >= 11 is 0. The molecular formula is C12H20N2O4S. The molecule has 2 fully saturated rings. The average Bonchev–Trinajstić information content (AvgIpc) is 2.80. The van der Waals surface area contributed by atoms with Gasteiger partial charge in [-0.15, -0.1) is 0 Å². The highest BCUT2D eigenvalue weighted by molar-refractivity contribution is 7.91. The first-order valence-electron chi connectivity index (χ1n) is 6.59. The molecule has 2 aliphatic rings. The van der Waals surface area contributed by atoms with Gasteiger partial charge in [-0.2, -0.15) is 0 Å². The van der Waals surface area contributed by atoms with E-state index in [-0.39, 0.29) is 47.7 Å². The van der Waals surface area contributed by atoms with Crippen LogP contribution in [-0.2, 0) is 19.4 Å². The highest BCUT2D eigenvalue weighted by atomic mass is 32.2. The number of carbonyl (C=O) groups excluding carboxylic acids is 2. The van der Waals surface area contributed by atoms with Crippen molar-refractivity contribution in [2.75, 3.05) is 18.1 Å². The van der Waals surface area contributed by atoms with E-state index in [1.54, 1.807) is 4.90 Å². The Kier molecular flexibility index (Phi) is 3.85. The van der Waals surface area contributed by atoms with E-state index >= 15 is 0 Å². The standard InChI is InChI=1S/C12H20N2O4S/c1-8(2)13-12(16)9-5-11(15)14(6-9)10-3-4-19(17,18)7-10/h8-10H,3-7H2,1-2H3,(H,13,16). The fraction of sp³-hybridized carbons (Fsp3) is 0.833. The van der Waals surface area contributed by atoms with Gasteiger partial charge in [0.25, 0.3) is 0 Å². The van der Waals surface area contributed by atoms with Crippen LogP contribution in [-0.4, -0.2) is 55.3 Å². The van der Waals surface area contributed by atoms with Crippen molar-refractivity contribution in [3.8, 4) is 0 Å². The Labute approximate surface area is 113 Å². The highest BCUT2D eigenvalue weighted by Gasteiger charge is 2.41. The summed E-state index contributed by atoms with van der Waals surface area (Å²) in [6.45, 7) is 4.09. The summed E-state index contributed by atoms with van der Waals surface area (Å²) in [4.78, 5) is 25.4. The molecule has 2 amide bonds. The molecule has 2 heterocycles. The molecule has 2 atom stereocenters. The lowest BCUT2D eigenvalue weighted by Gasteiger charge is -2.23. The normalized spacial score (nSPS) is 30.1. The second-order valence-electron chi connectivity index (χ2n) is 5.67. The molecule has 1 N–H and O–H groups in total. The molecule has 0 aromatic heterocycles. The molecule has 0 spiro atoms. The van der Waals surface area contributed by atoms with E-state index in [2.05, 4.69) is 5.32 Å². The van der Waals surface area contributed by atoms with Crippen molar-refractivity contribution >= 4 is 21.7 Å². The van der Waals surface area contributed by atoms with Gasteiger partial charge < -0.3 is 10.2 Å². The molecule has 0 bridgehead atoms. The highest BCUT2D eigenvalue weighted by Crippen LogP contribution is 2.26. The number of hydrogen-bond donors (Lipinski definition) is 1. The van der Waals surface area contributed by atoms with Gasteiger partial charge in [0.15, 0.2) is 9.84 Å². The third-order valence-electron chi connectivity index (χ3n) is 3.61. The lowest BCUT2D eigenvalue weighted by molar-refractivity contribution is -0.130. The van der Waals surface area contributed by atoms with Crippen molar-refractivity contribution in [1.29, 1.82) is 0 Å². The van der Waals surface area contributed by atoms with E-state index in [4.69, 9.17) is 0 Å². The van der Waals surface area contributed by atoms with E-state index in [0.29, 0.717) is 13.0 Å². The van der Waals surface area contributed by atoms with Gasteiger partial charge in [-0.25, -0.2) is 8.42 Å². The maximum Gasteiger partial charge on any atom is 0.225 e. The molecule has 108 valence electrons. The second-order valence-corrected chi connectivity index (χ2v) is 7.90. The zero-order valence-electron chi connectivity index (χ0n) is 11.3. The number of rotatable bonds is 3. The van der Waals surface area contributed by atoms with Gasteiger partial charge >= 0.3 is 0 Å². The third kappa shape index (κ3) is 3.26. The molecule has 0 aromatic rings. The Morgan fingerprint density at radius 1 is 1.42 bits per heavy atom. The van der Waals surface area contributed by atoms with Gasteiger partial charge in [0.2, 0.25) is 11.8 Å². The van der Waals surface area contributed by atoms with Crippen molar-refractivity contribution in [2.45, 2.75) is 38.8 Å². The number of carbonyl (C=O) groups is 2. The number of likely N-dealkylation sites (tertiary alicyclic amines) is 1. The van der Waals surface area contributed by atoms with Gasteiger partial charge in [0.05, 0.1) is 17.4 Å². The van der Waals surface area contributed by atoms with E-state index in [1.807, 2.05) is 13.8 Å². The molecule has 6 nitrogen and oxygen atoms in total. The zero-order chi connectivity index (χ0) is 14.2. The van der Waals surface area contributed by atoms with Crippen LogP contribution in [0.1, 0.15) is 26.7 Å². The van der Waals surface area contributed by atoms with E-state index in [0.717, 1.165) is 0 Å². The molecule has 2 rings (SSSR count). The quantitative estimate of drug-likeness (QED) is 0.762. The number of nitrogens with zero attached hydrogens (tertiary/aromatic N) is 1. The molecule has 7 heteroatoms. The van der Waals surface area contributed by atoms with Crippen LogP contribution >= 0.6 is 0 Å². The van der Waals surface area contributed by atoms with Gasteiger partial charge in [-0.3, -0.25) is 9.59 Å². The summed E-state index contributed by atoms with van der Waals surface area (Å²) in [5, 5.41) is 2.80. The van der Waals surface area contributed by atoms with Gasteiger partial charge in [0.1, 0.15) is 0 Å². The Morgan fingerprint density at radius 3 is 2.63 bits per heavy atom. The van der Waals surface area contributed by atoms with Gasteiger partial charge in [0, 0.05) is 25.0 Å². The van der Waals surface area contributed by atoms with Crippen LogP contribution in [0.15, 0.2) is 0 Å². The van der Waals surface area contributed by atoms with Crippen molar-refractivity contribution in [1.82, 2.24) is 10.2 Å². The maximum absolute atomic E-state index is 11.9. The number of amides is 2. The minimum Gasteiger partial charge on any atom is -0.354 e. The number of sulfone groups is 1. The monoisotopic (exact) mass is 288 g/mol. The number of hydrogen-bond acceptors (Lipinski definition) is 4. The summed E-state index contributed by atoms with van der Waals surface area (Å²) < 4.78 is 22.9. The van der Waals surface area contributed by atoms with Crippen molar-refractivity contribution in [3.63, 3.8) is 0 Å². The zero-order valence-corrected chi connectivity index (χ0v) is 12.1. The molecule has 2 saturated heterocycles. The first-order chi connectivity index (χ1) is 8.78. The molecule has 0 radical (unpaired) electrons. The Balaban J connectivity index is 1.98. The molecule has 0 saturated carbocycles. The Hall–Kier alpha value is -1.11. The largest absolute Gasteiger partial charge is 0.354 e. The van der Waals surface area contributed by atoms with E-state index in [9.17, 15) is 18.0 Å².